The second-order valence-corrected chi connectivity index (χ2v) is 4.51. The van der Waals surface area contributed by atoms with Gasteiger partial charge in [0.25, 0.3) is 0 Å². The molecular formula is C12H12FN3O4. The first-order valence-electron chi connectivity index (χ1n) is 5.83. The van der Waals surface area contributed by atoms with Gasteiger partial charge in [0.15, 0.2) is 0 Å². The van der Waals surface area contributed by atoms with E-state index in [1.807, 2.05) is 0 Å². The summed E-state index contributed by atoms with van der Waals surface area (Å²) >= 11 is 0. The van der Waals surface area contributed by atoms with Gasteiger partial charge >= 0.3 is 5.69 Å². The number of carbonyl (C=O) groups is 2. The molecule has 1 aromatic rings. The highest BCUT2D eigenvalue weighted by Gasteiger charge is 2.29. The molecule has 0 aliphatic carbocycles. The fourth-order valence-electron chi connectivity index (χ4n) is 1.94. The molecule has 106 valence electrons. The Labute approximate surface area is 113 Å². The van der Waals surface area contributed by atoms with Crippen molar-refractivity contribution in [3.8, 4) is 0 Å². The first-order chi connectivity index (χ1) is 9.40. The Morgan fingerprint density at radius 1 is 1.30 bits per heavy atom. The summed E-state index contributed by atoms with van der Waals surface area (Å²) in [6.45, 7) is -0.390. The molecule has 0 bridgehead atoms. The van der Waals surface area contributed by atoms with E-state index in [2.05, 4.69) is 0 Å². The van der Waals surface area contributed by atoms with Gasteiger partial charge in [-0.2, -0.15) is 4.39 Å². The molecule has 1 fully saturated rings. The number of halogens is 1. The smallest absolute Gasteiger partial charge is 0.305 e. The van der Waals surface area contributed by atoms with E-state index in [0.717, 1.165) is 6.07 Å². The number of carbonyl (C=O) groups excluding carboxylic acids is 2. The summed E-state index contributed by atoms with van der Waals surface area (Å²) in [4.78, 5) is 35.6. The maximum atomic E-state index is 13.9. The number of rotatable bonds is 3. The lowest BCUT2D eigenvalue weighted by Gasteiger charge is -2.31. The van der Waals surface area contributed by atoms with E-state index in [-0.39, 0.29) is 37.0 Å². The summed E-state index contributed by atoms with van der Waals surface area (Å²) in [5, 5.41) is 10.6. The van der Waals surface area contributed by atoms with Crippen molar-refractivity contribution in [1.82, 2.24) is 9.80 Å². The van der Waals surface area contributed by atoms with E-state index in [1.165, 1.54) is 29.0 Å². The largest absolute Gasteiger partial charge is 0.335 e. The number of hydrogen-bond acceptors (Lipinski definition) is 4. The number of amides is 2. The van der Waals surface area contributed by atoms with Crippen molar-refractivity contribution in [3.63, 3.8) is 0 Å². The highest BCUT2D eigenvalue weighted by Crippen LogP contribution is 2.22. The van der Waals surface area contributed by atoms with Gasteiger partial charge < -0.3 is 9.80 Å². The van der Waals surface area contributed by atoms with Gasteiger partial charge in [0.05, 0.1) is 11.5 Å². The van der Waals surface area contributed by atoms with Crippen LogP contribution in [0, 0.1) is 15.9 Å². The lowest BCUT2D eigenvalue weighted by atomic mass is 10.1. The van der Waals surface area contributed by atoms with Crippen LogP contribution >= 0.6 is 0 Å². The van der Waals surface area contributed by atoms with Crippen molar-refractivity contribution < 1.29 is 18.9 Å². The van der Waals surface area contributed by atoms with Crippen molar-refractivity contribution in [3.05, 3.63) is 39.7 Å². The van der Waals surface area contributed by atoms with E-state index < -0.39 is 16.4 Å². The first-order valence-corrected chi connectivity index (χ1v) is 5.83. The first kappa shape index (κ1) is 13.9. The lowest BCUT2D eigenvalue weighted by Crippen LogP contribution is -2.51. The van der Waals surface area contributed by atoms with Crippen LogP contribution in [0.25, 0.3) is 0 Å². The molecule has 0 N–H and O–H groups in total. The minimum atomic E-state index is -0.975. The molecule has 1 aliphatic rings. The molecule has 7 nitrogen and oxygen atoms in total. The summed E-state index contributed by atoms with van der Waals surface area (Å²) in [5.41, 5.74) is -0.625. The van der Waals surface area contributed by atoms with Gasteiger partial charge in [0, 0.05) is 25.2 Å². The number of piperazine rings is 1. The Bertz CT molecular complexity index is 590. The molecule has 2 rings (SSSR count). The zero-order valence-corrected chi connectivity index (χ0v) is 10.7. The molecule has 0 saturated carbocycles. The average Bonchev–Trinajstić information content (AvgIpc) is 2.37. The van der Waals surface area contributed by atoms with Crippen LogP contribution in [0.5, 0.6) is 0 Å². The molecule has 1 aliphatic heterocycles. The van der Waals surface area contributed by atoms with Crippen LogP contribution in [0.1, 0.15) is 5.56 Å². The fraction of sp³-hybridized carbons (Fsp3) is 0.333. The lowest BCUT2D eigenvalue weighted by molar-refractivity contribution is -0.387. The Hall–Kier alpha value is -2.51. The highest BCUT2D eigenvalue weighted by atomic mass is 19.1. The van der Waals surface area contributed by atoms with Gasteiger partial charge in [0.2, 0.25) is 17.6 Å². The summed E-state index contributed by atoms with van der Waals surface area (Å²) < 4.78 is 13.9. The Kier molecular flexibility index (Phi) is 3.64. The zero-order valence-electron chi connectivity index (χ0n) is 10.7. The number of hydrogen-bond donors (Lipinski definition) is 0. The molecule has 1 heterocycles. The molecular weight excluding hydrogens is 269 g/mol. The van der Waals surface area contributed by atoms with Crippen LogP contribution in [0.15, 0.2) is 18.2 Å². The monoisotopic (exact) mass is 281 g/mol. The van der Waals surface area contributed by atoms with Crippen LogP contribution in [-0.2, 0) is 16.1 Å². The van der Waals surface area contributed by atoms with Crippen LogP contribution < -0.4 is 0 Å². The topological polar surface area (TPSA) is 83.8 Å². The summed E-state index contributed by atoms with van der Waals surface area (Å²) in [6, 6.07) is 3.76. The molecule has 0 atom stereocenters. The van der Waals surface area contributed by atoms with Crippen molar-refractivity contribution >= 4 is 17.5 Å². The Morgan fingerprint density at radius 2 is 2.00 bits per heavy atom. The van der Waals surface area contributed by atoms with Gasteiger partial charge in [-0.15, -0.1) is 0 Å². The Morgan fingerprint density at radius 3 is 2.65 bits per heavy atom. The fourth-order valence-corrected chi connectivity index (χ4v) is 1.94. The van der Waals surface area contributed by atoms with E-state index in [4.69, 9.17) is 0 Å². The number of nitrogens with zero attached hydrogens (tertiary/aromatic N) is 3. The second-order valence-electron chi connectivity index (χ2n) is 4.51. The summed E-state index contributed by atoms with van der Waals surface area (Å²) in [7, 11) is 1.51. The van der Waals surface area contributed by atoms with E-state index >= 15 is 0 Å². The van der Waals surface area contributed by atoms with Gasteiger partial charge in [0.1, 0.15) is 6.54 Å². The standard InChI is InChI=1S/C12H12FN3O4/c1-14-6-11(18)15(7-10(14)17)5-8-3-2-4-9(12(8)13)16(19)20/h2-4H,5-7H2,1H3. The van der Waals surface area contributed by atoms with Gasteiger partial charge in [-0.05, 0) is 0 Å². The summed E-state index contributed by atoms with van der Waals surface area (Å²) in [5.74, 6) is -1.55. The molecule has 1 aromatic carbocycles. The van der Waals surface area contributed by atoms with E-state index in [9.17, 15) is 24.1 Å². The minimum absolute atomic E-state index is 0.0184. The highest BCUT2D eigenvalue weighted by molar-refractivity contribution is 5.92. The third-order valence-corrected chi connectivity index (χ3v) is 3.09. The van der Waals surface area contributed by atoms with E-state index in [0.29, 0.717) is 0 Å². The maximum absolute atomic E-state index is 13.9. The third kappa shape index (κ3) is 2.58. The Balaban J connectivity index is 2.22. The van der Waals surface area contributed by atoms with Crippen LogP contribution in [0.4, 0.5) is 10.1 Å². The number of likely N-dealkylation sites (N-methyl/N-ethyl adjacent to an activating group) is 1. The van der Waals surface area contributed by atoms with Crippen molar-refractivity contribution in [2.75, 3.05) is 20.1 Å². The SMILES string of the molecule is CN1CC(=O)N(Cc2cccc([N+](=O)[O-])c2F)CC1=O. The summed E-state index contributed by atoms with van der Waals surface area (Å²) in [6.07, 6.45) is 0. The number of nitro benzene ring substituents is 1. The third-order valence-electron chi connectivity index (χ3n) is 3.09. The average molecular weight is 281 g/mol. The quantitative estimate of drug-likeness (QED) is 0.597. The van der Waals surface area contributed by atoms with Crippen LogP contribution in [0.2, 0.25) is 0 Å². The van der Waals surface area contributed by atoms with E-state index in [1.54, 1.807) is 0 Å². The molecule has 0 aromatic heterocycles. The number of nitro groups is 1. The molecule has 0 radical (unpaired) electrons. The zero-order chi connectivity index (χ0) is 14.9. The minimum Gasteiger partial charge on any atom is -0.335 e. The second kappa shape index (κ2) is 5.24. The van der Waals surface area contributed by atoms with Crippen molar-refractivity contribution in [1.29, 1.82) is 0 Å². The number of benzene rings is 1. The van der Waals surface area contributed by atoms with Crippen molar-refractivity contribution in [2.45, 2.75) is 6.54 Å². The normalized spacial score (nSPS) is 15.7. The molecule has 0 spiro atoms. The van der Waals surface area contributed by atoms with Crippen LogP contribution in [-0.4, -0.2) is 46.7 Å². The predicted octanol–water partition coefficient (Wildman–Crippen LogP) is 0.534. The molecule has 2 amide bonds. The van der Waals surface area contributed by atoms with Gasteiger partial charge in [-0.3, -0.25) is 19.7 Å². The predicted molar refractivity (Wildman–Crippen MR) is 66.1 cm³/mol. The van der Waals surface area contributed by atoms with Gasteiger partial charge in [-0.25, -0.2) is 0 Å². The van der Waals surface area contributed by atoms with Crippen LogP contribution in [0.3, 0.4) is 0 Å². The maximum Gasteiger partial charge on any atom is 0.305 e. The molecule has 20 heavy (non-hydrogen) atoms. The van der Waals surface area contributed by atoms with Crippen molar-refractivity contribution in [2.24, 2.45) is 0 Å². The molecule has 8 heteroatoms. The molecule has 0 unspecified atom stereocenters. The van der Waals surface area contributed by atoms with Gasteiger partial charge in [-0.1, -0.05) is 12.1 Å². The molecule has 1 saturated heterocycles.